The lowest BCUT2D eigenvalue weighted by Gasteiger charge is -2.20. The molecule has 0 radical (unpaired) electrons. The first-order chi connectivity index (χ1) is 7.37. The number of hydrogen-bond donors (Lipinski definition) is 0. The Morgan fingerprint density at radius 1 is 1.31 bits per heavy atom. The zero-order valence-corrected chi connectivity index (χ0v) is 11.9. The van der Waals surface area contributed by atoms with Gasteiger partial charge in [-0.15, -0.1) is 0 Å². The smallest absolute Gasteiger partial charge is 0.212 e. The molecular formula is C11H12BrClO2S. The molecule has 0 N–H and O–H groups in total. The van der Waals surface area contributed by atoms with Gasteiger partial charge in [0.05, 0.1) is 4.75 Å². The van der Waals surface area contributed by atoms with Crippen LogP contribution in [-0.4, -0.2) is 13.2 Å². The second-order valence-electron chi connectivity index (χ2n) is 4.28. The Hall–Kier alpha value is -0.0600. The van der Waals surface area contributed by atoms with Gasteiger partial charge in [-0.1, -0.05) is 35.0 Å². The molecule has 2 rings (SSSR count). The molecule has 5 heteroatoms. The van der Waals surface area contributed by atoms with Crippen LogP contribution in [0.2, 0.25) is 0 Å². The van der Waals surface area contributed by atoms with Crippen LogP contribution in [-0.2, 0) is 9.05 Å². The molecular weight excluding hydrogens is 312 g/mol. The summed E-state index contributed by atoms with van der Waals surface area (Å²) in [5, 5.41) is 0. The van der Waals surface area contributed by atoms with Crippen LogP contribution in [0.3, 0.4) is 0 Å². The van der Waals surface area contributed by atoms with Crippen molar-refractivity contribution >= 4 is 35.7 Å². The van der Waals surface area contributed by atoms with Gasteiger partial charge in [-0.25, -0.2) is 8.42 Å². The molecule has 0 heterocycles. The highest BCUT2D eigenvalue weighted by molar-refractivity contribution is 9.10. The Balaban J connectivity index is 2.33. The van der Waals surface area contributed by atoms with E-state index in [1.54, 1.807) is 0 Å². The van der Waals surface area contributed by atoms with Gasteiger partial charge in [0.15, 0.2) is 0 Å². The predicted octanol–water partition coefficient (Wildman–Crippen LogP) is 3.65. The molecule has 2 nitrogen and oxygen atoms in total. The van der Waals surface area contributed by atoms with Gasteiger partial charge in [-0.2, -0.15) is 0 Å². The van der Waals surface area contributed by atoms with Crippen LogP contribution in [0, 0.1) is 0 Å². The summed E-state index contributed by atoms with van der Waals surface area (Å²) in [5.74, 6) is -0.0527. The van der Waals surface area contributed by atoms with E-state index in [9.17, 15) is 8.42 Å². The van der Waals surface area contributed by atoms with Crippen molar-refractivity contribution in [3.63, 3.8) is 0 Å². The average Bonchev–Trinajstić information content (AvgIpc) is 2.97. The fourth-order valence-electron chi connectivity index (χ4n) is 2.07. The van der Waals surface area contributed by atoms with Gasteiger partial charge in [0.1, 0.15) is 0 Å². The molecule has 0 spiro atoms. The average molecular weight is 324 g/mol. The van der Waals surface area contributed by atoms with E-state index in [4.69, 9.17) is 10.7 Å². The molecule has 1 atom stereocenters. The van der Waals surface area contributed by atoms with Gasteiger partial charge in [0.2, 0.25) is 9.05 Å². The first-order valence-corrected chi connectivity index (χ1v) is 8.17. The Morgan fingerprint density at radius 2 is 1.81 bits per heavy atom. The minimum absolute atomic E-state index is 0.0527. The van der Waals surface area contributed by atoms with Crippen LogP contribution in [0.1, 0.15) is 31.2 Å². The van der Waals surface area contributed by atoms with Crippen LogP contribution in [0.25, 0.3) is 0 Å². The summed E-state index contributed by atoms with van der Waals surface area (Å²) in [7, 11) is 2.04. The topological polar surface area (TPSA) is 34.1 Å². The molecule has 1 aliphatic rings. The zero-order chi connectivity index (χ0) is 12.0. The fourth-order valence-corrected chi connectivity index (χ4v) is 4.34. The monoisotopic (exact) mass is 322 g/mol. The van der Waals surface area contributed by atoms with Crippen molar-refractivity contribution < 1.29 is 8.42 Å². The number of hydrogen-bond acceptors (Lipinski definition) is 2. The van der Waals surface area contributed by atoms with E-state index in [-0.39, 0.29) is 5.92 Å². The van der Waals surface area contributed by atoms with E-state index >= 15 is 0 Å². The third-order valence-corrected chi connectivity index (χ3v) is 6.57. The van der Waals surface area contributed by atoms with Crippen molar-refractivity contribution in [3.05, 3.63) is 34.3 Å². The molecule has 1 unspecified atom stereocenters. The minimum atomic E-state index is -3.49. The Labute approximate surface area is 109 Å². The SMILES string of the molecule is CC(c1ccc(Br)cc1)C1(S(=O)(=O)Cl)CC1. The van der Waals surface area contributed by atoms with Crippen molar-refractivity contribution in [2.45, 2.75) is 30.4 Å². The third-order valence-electron chi connectivity index (χ3n) is 3.39. The molecule has 0 saturated heterocycles. The van der Waals surface area contributed by atoms with Gasteiger partial charge in [0.25, 0.3) is 0 Å². The van der Waals surface area contributed by atoms with Gasteiger partial charge in [0, 0.05) is 21.1 Å². The number of halogens is 2. The van der Waals surface area contributed by atoms with Gasteiger partial charge in [-0.05, 0) is 30.5 Å². The van der Waals surface area contributed by atoms with Crippen molar-refractivity contribution in [2.75, 3.05) is 0 Å². The first kappa shape index (κ1) is 12.4. The Morgan fingerprint density at radius 3 is 2.19 bits per heavy atom. The Bertz CT molecular complexity index is 491. The second kappa shape index (κ2) is 4.00. The lowest BCUT2D eigenvalue weighted by molar-refractivity contribution is 0.570. The van der Waals surface area contributed by atoms with E-state index in [1.807, 2.05) is 31.2 Å². The van der Waals surface area contributed by atoms with Gasteiger partial charge in [-0.3, -0.25) is 0 Å². The minimum Gasteiger partial charge on any atom is -0.212 e. The van der Waals surface area contributed by atoms with Gasteiger partial charge < -0.3 is 0 Å². The van der Waals surface area contributed by atoms with Crippen LogP contribution in [0.15, 0.2) is 28.7 Å². The largest absolute Gasteiger partial charge is 0.238 e. The summed E-state index contributed by atoms with van der Waals surface area (Å²) in [6.45, 7) is 1.93. The summed E-state index contributed by atoms with van der Waals surface area (Å²) >= 11 is 3.36. The molecule has 1 aromatic carbocycles. The molecule has 0 aliphatic heterocycles. The summed E-state index contributed by atoms with van der Waals surface area (Å²) in [4.78, 5) is 0. The predicted molar refractivity (Wildman–Crippen MR) is 69.3 cm³/mol. The maximum absolute atomic E-state index is 11.6. The zero-order valence-electron chi connectivity index (χ0n) is 8.78. The van der Waals surface area contributed by atoms with Crippen LogP contribution in [0.4, 0.5) is 0 Å². The second-order valence-corrected chi connectivity index (χ2v) is 8.10. The molecule has 0 bridgehead atoms. The molecule has 0 amide bonds. The first-order valence-electron chi connectivity index (χ1n) is 5.06. The lowest BCUT2D eigenvalue weighted by atomic mass is 9.96. The lowest BCUT2D eigenvalue weighted by Crippen LogP contribution is -2.25. The van der Waals surface area contributed by atoms with Crippen LogP contribution in [0.5, 0.6) is 0 Å². The molecule has 1 aliphatic carbocycles. The Kier molecular flexibility index (Phi) is 3.10. The normalized spacial score (nSPS) is 20.4. The molecule has 1 fully saturated rings. The highest BCUT2D eigenvalue weighted by Crippen LogP contribution is 2.54. The van der Waals surface area contributed by atoms with E-state index < -0.39 is 13.8 Å². The molecule has 1 saturated carbocycles. The van der Waals surface area contributed by atoms with Crippen LogP contribution >= 0.6 is 26.6 Å². The third kappa shape index (κ3) is 2.03. The summed E-state index contributed by atoms with van der Waals surface area (Å²) < 4.78 is 23.4. The quantitative estimate of drug-likeness (QED) is 0.796. The molecule has 1 aromatic rings. The molecule has 88 valence electrons. The number of rotatable bonds is 3. The highest BCUT2D eigenvalue weighted by atomic mass is 79.9. The maximum Gasteiger partial charge on any atom is 0.238 e. The molecule has 0 aromatic heterocycles. The standard InChI is InChI=1S/C11H12BrClO2S/c1-8(9-2-4-10(12)5-3-9)11(6-7-11)16(13,14)15/h2-5,8H,6-7H2,1H3. The highest BCUT2D eigenvalue weighted by Gasteiger charge is 2.57. The summed E-state index contributed by atoms with van der Waals surface area (Å²) in [5.41, 5.74) is 1.02. The summed E-state index contributed by atoms with van der Waals surface area (Å²) in [6, 6.07) is 7.72. The number of benzene rings is 1. The van der Waals surface area contributed by atoms with Crippen molar-refractivity contribution in [2.24, 2.45) is 0 Å². The maximum atomic E-state index is 11.6. The van der Waals surface area contributed by atoms with Crippen molar-refractivity contribution in [3.8, 4) is 0 Å². The van der Waals surface area contributed by atoms with E-state index in [2.05, 4.69) is 15.9 Å². The van der Waals surface area contributed by atoms with E-state index in [0.29, 0.717) is 12.8 Å². The summed E-state index contributed by atoms with van der Waals surface area (Å²) in [6.07, 6.45) is 1.33. The molecule has 16 heavy (non-hydrogen) atoms. The van der Waals surface area contributed by atoms with Crippen LogP contribution < -0.4 is 0 Å². The van der Waals surface area contributed by atoms with E-state index in [1.165, 1.54) is 0 Å². The van der Waals surface area contributed by atoms with E-state index in [0.717, 1.165) is 10.0 Å². The van der Waals surface area contributed by atoms with Crippen molar-refractivity contribution in [1.82, 2.24) is 0 Å². The van der Waals surface area contributed by atoms with Gasteiger partial charge >= 0.3 is 0 Å². The fraction of sp³-hybridized carbons (Fsp3) is 0.455. The van der Waals surface area contributed by atoms with Crippen molar-refractivity contribution in [1.29, 1.82) is 0 Å².